The highest BCUT2D eigenvalue weighted by molar-refractivity contribution is 6.42. The number of anilines is 1. The van der Waals surface area contributed by atoms with Gasteiger partial charge in [-0.3, -0.25) is 19.8 Å². The molecule has 0 radical (unpaired) electrons. The van der Waals surface area contributed by atoms with Crippen LogP contribution in [-0.2, 0) is 20.9 Å². The molecule has 8 nitrogen and oxygen atoms in total. The highest BCUT2D eigenvalue weighted by atomic mass is 35.5. The molecule has 228 valence electrons. The van der Waals surface area contributed by atoms with Gasteiger partial charge in [0, 0.05) is 31.7 Å². The molecule has 0 unspecified atom stereocenters. The number of amides is 3. The van der Waals surface area contributed by atoms with Crippen LogP contribution in [0.5, 0.6) is 0 Å². The smallest absolute Gasteiger partial charge is 0.349 e. The number of esters is 1. The zero-order valence-corrected chi connectivity index (χ0v) is 27.0. The molecule has 0 spiro atoms. The van der Waals surface area contributed by atoms with Gasteiger partial charge in [-0.05, 0) is 95.0 Å². The second-order valence-electron chi connectivity index (χ2n) is 11.1. The lowest BCUT2D eigenvalue weighted by molar-refractivity contribution is -0.155. The Hall–Kier alpha value is -3.20. The molecular weight excluding hydrogens is 575 g/mol. The number of benzene rings is 2. The predicted molar refractivity (Wildman–Crippen MR) is 172 cm³/mol. The zero-order chi connectivity index (χ0) is 31.6. The Morgan fingerprint density at radius 2 is 1.64 bits per heavy atom. The molecule has 0 aromatic heterocycles. The van der Waals surface area contributed by atoms with E-state index in [2.05, 4.69) is 47.4 Å². The van der Waals surface area contributed by atoms with Gasteiger partial charge in [-0.2, -0.15) is 4.99 Å². The quantitative estimate of drug-likeness (QED) is 0.224. The predicted octanol–water partition coefficient (Wildman–Crippen LogP) is 7.19. The largest absolute Gasteiger partial charge is 0.460 e. The molecule has 42 heavy (non-hydrogen) atoms. The third-order valence-electron chi connectivity index (χ3n) is 6.52. The molecule has 0 atom stereocenters. The summed E-state index contributed by atoms with van der Waals surface area (Å²) in [7, 11) is 0. The minimum absolute atomic E-state index is 0.00351. The van der Waals surface area contributed by atoms with E-state index in [9.17, 15) is 14.4 Å². The molecule has 1 aliphatic heterocycles. The third-order valence-corrected chi connectivity index (χ3v) is 7.25. The van der Waals surface area contributed by atoms with Crippen LogP contribution in [0.4, 0.5) is 10.5 Å². The maximum Gasteiger partial charge on any atom is 0.349 e. The third kappa shape index (κ3) is 10.9. The number of hydrogen-bond acceptors (Lipinski definition) is 6. The highest BCUT2D eigenvalue weighted by Crippen LogP contribution is 2.27. The first kappa shape index (κ1) is 35.0. The van der Waals surface area contributed by atoms with Crippen molar-refractivity contribution in [3.05, 3.63) is 75.8 Å². The molecule has 0 aliphatic carbocycles. The number of aliphatic imine (C=N–C) groups is 1. The Morgan fingerprint density at radius 3 is 2.26 bits per heavy atom. The Labute approximate surface area is 259 Å². The molecular formula is C32H42Cl2N4O4. The highest BCUT2D eigenvalue weighted by Gasteiger charge is 2.26. The molecule has 10 heteroatoms. The summed E-state index contributed by atoms with van der Waals surface area (Å²) < 4.78 is 5.47. The molecule has 0 saturated heterocycles. The summed E-state index contributed by atoms with van der Waals surface area (Å²) in [6.07, 6.45) is 0.890. The Kier molecular flexibility index (Phi) is 13.2. The van der Waals surface area contributed by atoms with Crippen LogP contribution in [0, 0.1) is 20.8 Å². The fourth-order valence-corrected chi connectivity index (χ4v) is 4.84. The van der Waals surface area contributed by atoms with Gasteiger partial charge in [0.2, 0.25) is 5.91 Å². The average molecular weight is 618 g/mol. The molecule has 3 amide bonds. The maximum absolute atomic E-state index is 12.3. The van der Waals surface area contributed by atoms with E-state index < -0.39 is 11.6 Å². The zero-order valence-electron chi connectivity index (χ0n) is 25.5. The first-order valence-electron chi connectivity index (χ1n) is 13.9. The van der Waals surface area contributed by atoms with E-state index in [0.717, 1.165) is 27.9 Å². The van der Waals surface area contributed by atoms with Gasteiger partial charge in [0.15, 0.2) is 0 Å². The molecule has 1 aliphatic rings. The lowest BCUT2D eigenvalue weighted by Crippen LogP contribution is -2.45. The Bertz CT molecular complexity index is 1320. The van der Waals surface area contributed by atoms with E-state index in [-0.39, 0.29) is 24.7 Å². The SMILES string of the molecule is C=C.Cc1cc(C)c(N(CCN(CCCC(=O)OC(C)(C)C)Cc2ccc(Cl)c(Cl)c2)C2=NC(=O)NC(=O)C2)cc1C. The monoisotopic (exact) mass is 616 g/mol. The number of carbonyl (C=O) groups excluding carboxylic acids is 3. The van der Waals surface area contributed by atoms with Crippen LogP contribution in [0.1, 0.15) is 62.3 Å². The van der Waals surface area contributed by atoms with Crippen molar-refractivity contribution in [3.63, 3.8) is 0 Å². The van der Waals surface area contributed by atoms with Crippen LogP contribution in [0.3, 0.4) is 0 Å². The number of nitrogens with one attached hydrogen (secondary N) is 1. The van der Waals surface area contributed by atoms with Gasteiger partial charge in [0.05, 0.1) is 16.5 Å². The first-order chi connectivity index (χ1) is 19.7. The number of nitrogens with zero attached hydrogens (tertiary/aromatic N) is 3. The second kappa shape index (κ2) is 15.9. The molecule has 0 bridgehead atoms. The van der Waals surface area contributed by atoms with Gasteiger partial charge in [-0.1, -0.05) is 35.3 Å². The number of imide groups is 1. The molecule has 1 N–H and O–H groups in total. The summed E-state index contributed by atoms with van der Waals surface area (Å²) >= 11 is 12.4. The number of hydrogen-bond donors (Lipinski definition) is 1. The topological polar surface area (TPSA) is 91.3 Å². The number of halogens is 2. The molecule has 2 aromatic carbocycles. The van der Waals surface area contributed by atoms with Crippen molar-refractivity contribution in [1.82, 2.24) is 10.2 Å². The fourth-order valence-electron chi connectivity index (χ4n) is 4.52. The Morgan fingerprint density at radius 1 is 0.976 bits per heavy atom. The van der Waals surface area contributed by atoms with E-state index in [0.29, 0.717) is 48.5 Å². The lowest BCUT2D eigenvalue weighted by Gasteiger charge is -2.32. The number of amidine groups is 1. The van der Waals surface area contributed by atoms with Crippen LogP contribution < -0.4 is 10.2 Å². The van der Waals surface area contributed by atoms with Gasteiger partial charge < -0.3 is 9.64 Å². The van der Waals surface area contributed by atoms with Crippen LogP contribution in [0.15, 0.2) is 48.5 Å². The van der Waals surface area contributed by atoms with E-state index in [1.807, 2.05) is 51.7 Å². The van der Waals surface area contributed by atoms with Crippen molar-refractivity contribution < 1.29 is 19.1 Å². The van der Waals surface area contributed by atoms with Crippen molar-refractivity contribution in [2.24, 2.45) is 4.99 Å². The normalized spacial score (nSPS) is 13.2. The van der Waals surface area contributed by atoms with Gasteiger partial charge in [0.25, 0.3) is 0 Å². The minimum atomic E-state index is -0.664. The van der Waals surface area contributed by atoms with Gasteiger partial charge >= 0.3 is 12.0 Å². The molecule has 0 fully saturated rings. The van der Waals surface area contributed by atoms with E-state index >= 15 is 0 Å². The summed E-state index contributed by atoms with van der Waals surface area (Å²) in [5, 5.41) is 3.20. The number of aryl methyl sites for hydroxylation is 3. The van der Waals surface area contributed by atoms with Gasteiger partial charge in [-0.15, -0.1) is 13.2 Å². The van der Waals surface area contributed by atoms with E-state index in [4.69, 9.17) is 27.9 Å². The van der Waals surface area contributed by atoms with Crippen molar-refractivity contribution in [2.75, 3.05) is 24.5 Å². The van der Waals surface area contributed by atoms with Crippen LogP contribution in [0.2, 0.25) is 10.0 Å². The van der Waals surface area contributed by atoms with Crippen molar-refractivity contribution >= 4 is 52.6 Å². The van der Waals surface area contributed by atoms with Gasteiger partial charge in [0.1, 0.15) is 11.4 Å². The minimum Gasteiger partial charge on any atom is -0.460 e. The average Bonchev–Trinajstić information content (AvgIpc) is 2.88. The summed E-state index contributed by atoms with van der Waals surface area (Å²) in [6.45, 7) is 19.9. The second-order valence-corrected chi connectivity index (χ2v) is 12.0. The van der Waals surface area contributed by atoms with Crippen molar-refractivity contribution in [1.29, 1.82) is 0 Å². The molecule has 1 heterocycles. The van der Waals surface area contributed by atoms with Crippen LogP contribution >= 0.6 is 23.2 Å². The number of rotatable bonds is 10. The fraction of sp³-hybridized carbons (Fsp3) is 0.438. The van der Waals surface area contributed by atoms with E-state index in [1.165, 1.54) is 0 Å². The summed E-state index contributed by atoms with van der Waals surface area (Å²) in [4.78, 5) is 45.1. The summed E-state index contributed by atoms with van der Waals surface area (Å²) in [6, 6.07) is 9.03. The van der Waals surface area contributed by atoms with Crippen molar-refractivity contribution in [3.8, 4) is 0 Å². The summed E-state index contributed by atoms with van der Waals surface area (Å²) in [5.41, 5.74) is 4.61. The van der Waals surface area contributed by atoms with E-state index in [1.54, 1.807) is 6.07 Å². The number of carbonyl (C=O) groups is 3. The van der Waals surface area contributed by atoms with Crippen LogP contribution in [0.25, 0.3) is 0 Å². The number of ether oxygens (including phenoxy) is 1. The first-order valence-corrected chi connectivity index (χ1v) is 14.6. The number of urea groups is 1. The lowest BCUT2D eigenvalue weighted by atomic mass is 10.0. The van der Waals surface area contributed by atoms with Gasteiger partial charge in [-0.25, -0.2) is 4.79 Å². The van der Waals surface area contributed by atoms with Crippen molar-refractivity contribution in [2.45, 2.75) is 73.0 Å². The molecule has 3 rings (SSSR count). The maximum atomic E-state index is 12.3. The standard InChI is InChI=1S/C30H38Cl2N4O4.C2H4/c1-19-14-21(3)25(15-20(19)2)36(26-17-27(37)34-29(39)33-26)13-12-35(11-7-8-28(38)40-30(4,5)6)18-22-9-10-23(31)24(32)16-22;1-2/h9-10,14-16H,7-8,11-13,17-18H2,1-6H3,(H,34,37,39);1-2H2. The Balaban J connectivity index is 0.00000301. The summed E-state index contributed by atoms with van der Waals surface area (Å²) in [5.74, 6) is -0.217. The molecule has 2 aromatic rings. The van der Waals surface area contributed by atoms with Crippen LogP contribution in [-0.4, -0.2) is 53.9 Å². The molecule has 0 saturated carbocycles.